The topological polar surface area (TPSA) is 46.1 Å². The Morgan fingerprint density at radius 1 is 1.32 bits per heavy atom. The molecule has 0 spiro atoms. The number of rotatable bonds is 4. The molecule has 0 aliphatic carbocycles. The van der Waals surface area contributed by atoms with E-state index in [1.807, 2.05) is 23.1 Å². The Bertz CT molecular complexity index is 922. The number of amides is 1. The fraction of sp³-hybridized carbons (Fsp3) is 0.316. The molecule has 3 aromatic rings. The van der Waals surface area contributed by atoms with Crippen LogP contribution in [0.15, 0.2) is 41.7 Å². The number of benzene rings is 1. The van der Waals surface area contributed by atoms with Crippen molar-refractivity contribution in [3.05, 3.63) is 47.1 Å². The van der Waals surface area contributed by atoms with Gasteiger partial charge in [-0.3, -0.25) is 4.79 Å². The van der Waals surface area contributed by atoms with Gasteiger partial charge in [0.15, 0.2) is 0 Å². The van der Waals surface area contributed by atoms with E-state index in [9.17, 15) is 4.79 Å². The zero-order valence-electron chi connectivity index (χ0n) is 14.1. The molecule has 2 aromatic heterocycles. The van der Waals surface area contributed by atoms with E-state index < -0.39 is 0 Å². The molecule has 1 aliphatic rings. The molecule has 3 heterocycles. The molecule has 0 atom stereocenters. The number of fused-ring (bicyclic) bond motifs is 2. The molecule has 0 N–H and O–H groups in total. The van der Waals surface area contributed by atoms with Crippen LogP contribution >= 0.6 is 23.1 Å². The van der Waals surface area contributed by atoms with Crippen molar-refractivity contribution in [3.63, 3.8) is 0 Å². The van der Waals surface area contributed by atoms with Crippen LogP contribution in [0.4, 0.5) is 5.69 Å². The van der Waals surface area contributed by atoms with Crippen molar-refractivity contribution >= 4 is 44.9 Å². The molecule has 4 nitrogen and oxygen atoms in total. The third-order valence-corrected chi connectivity index (χ3v) is 6.61. The summed E-state index contributed by atoms with van der Waals surface area (Å²) in [4.78, 5) is 25.8. The lowest BCUT2D eigenvalue weighted by Crippen LogP contribution is -2.36. The van der Waals surface area contributed by atoms with Crippen LogP contribution in [-0.2, 0) is 17.6 Å². The second kappa shape index (κ2) is 7.14. The molecule has 25 heavy (non-hydrogen) atoms. The first-order valence-electron chi connectivity index (χ1n) is 8.50. The van der Waals surface area contributed by atoms with E-state index in [-0.39, 0.29) is 5.91 Å². The minimum Gasteiger partial charge on any atom is -0.311 e. The Hall–Kier alpha value is -1.92. The number of hydrogen-bond acceptors (Lipinski definition) is 5. The highest BCUT2D eigenvalue weighted by Gasteiger charge is 2.22. The normalized spacial score (nSPS) is 13.9. The van der Waals surface area contributed by atoms with Gasteiger partial charge >= 0.3 is 0 Å². The molecular formula is C19H19N3OS2. The average Bonchev–Trinajstić information content (AvgIpc) is 3.09. The quantitative estimate of drug-likeness (QED) is 0.507. The van der Waals surface area contributed by atoms with Gasteiger partial charge in [-0.1, -0.05) is 36.9 Å². The molecule has 1 aliphatic heterocycles. The van der Waals surface area contributed by atoms with Gasteiger partial charge in [-0.05, 0) is 37.0 Å². The molecule has 128 valence electrons. The second-order valence-corrected chi connectivity index (χ2v) is 8.11. The first-order chi connectivity index (χ1) is 12.3. The predicted octanol–water partition coefficient (Wildman–Crippen LogP) is 4.33. The lowest BCUT2D eigenvalue weighted by atomic mass is 10.0. The largest absolute Gasteiger partial charge is 0.311 e. The van der Waals surface area contributed by atoms with E-state index >= 15 is 0 Å². The lowest BCUT2D eigenvalue weighted by Gasteiger charge is -2.29. The second-order valence-electron chi connectivity index (χ2n) is 6.03. The SMILES string of the molecule is CCc1cc2c(SCC(=O)N3CCCc4ccccc43)ncnc2s1. The van der Waals surface area contributed by atoms with Gasteiger partial charge in [0, 0.05) is 22.5 Å². The van der Waals surface area contributed by atoms with Crippen LogP contribution in [0.1, 0.15) is 23.8 Å². The maximum Gasteiger partial charge on any atom is 0.237 e. The minimum atomic E-state index is 0.148. The maximum atomic E-state index is 12.8. The maximum absolute atomic E-state index is 12.8. The summed E-state index contributed by atoms with van der Waals surface area (Å²) in [6, 6.07) is 10.4. The van der Waals surface area contributed by atoms with Crippen molar-refractivity contribution in [2.75, 3.05) is 17.2 Å². The number of hydrogen-bond donors (Lipinski definition) is 0. The highest BCUT2D eigenvalue weighted by atomic mass is 32.2. The molecule has 0 radical (unpaired) electrons. The third-order valence-electron chi connectivity index (χ3n) is 4.44. The molecule has 0 unspecified atom stereocenters. The average molecular weight is 370 g/mol. The third kappa shape index (κ3) is 3.28. The summed E-state index contributed by atoms with van der Waals surface area (Å²) < 4.78 is 0. The number of carbonyl (C=O) groups excluding carboxylic acids is 1. The van der Waals surface area contributed by atoms with Crippen molar-refractivity contribution in [1.82, 2.24) is 9.97 Å². The summed E-state index contributed by atoms with van der Waals surface area (Å²) >= 11 is 3.22. The standard InChI is InChI=1S/C19H19N3OS2/c1-2-14-10-15-18(20-12-21-19(15)25-14)24-11-17(23)22-9-5-7-13-6-3-4-8-16(13)22/h3-4,6,8,10,12H,2,5,7,9,11H2,1H3. The number of thiophene rings is 1. The Labute approximate surface area is 155 Å². The molecule has 1 aromatic carbocycles. The number of para-hydroxylation sites is 1. The van der Waals surface area contributed by atoms with Crippen LogP contribution in [-0.4, -0.2) is 28.2 Å². The van der Waals surface area contributed by atoms with Crippen molar-refractivity contribution in [3.8, 4) is 0 Å². The Morgan fingerprint density at radius 2 is 2.20 bits per heavy atom. The summed E-state index contributed by atoms with van der Waals surface area (Å²) in [5.41, 5.74) is 2.33. The van der Waals surface area contributed by atoms with Crippen LogP contribution in [0.25, 0.3) is 10.2 Å². The van der Waals surface area contributed by atoms with Crippen LogP contribution in [0.2, 0.25) is 0 Å². The summed E-state index contributed by atoms with van der Waals surface area (Å²) in [5.74, 6) is 0.549. The fourth-order valence-corrected chi connectivity index (χ4v) is 5.02. The van der Waals surface area contributed by atoms with Crippen LogP contribution in [0.3, 0.4) is 0 Å². The van der Waals surface area contributed by atoms with Gasteiger partial charge in [0.2, 0.25) is 5.91 Å². The molecule has 0 saturated heterocycles. The minimum absolute atomic E-state index is 0.148. The first kappa shape index (κ1) is 16.5. The highest BCUT2D eigenvalue weighted by Crippen LogP contribution is 2.32. The first-order valence-corrected chi connectivity index (χ1v) is 10.3. The van der Waals surface area contributed by atoms with Crippen molar-refractivity contribution < 1.29 is 4.79 Å². The van der Waals surface area contributed by atoms with Crippen LogP contribution in [0, 0.1) is 0 Å². The lowest BCUT2D eigenvalue weighted by molar-refractivity contribution is -0.116. The number of carbonyl (C=O) groups is 1. The van der Waals surface area contributed by atoms with Gasteiger partial charge in [-0.15, -0.1) is 11.3 Å². The van der Waals surface area contributed by atoms with Gasteiger partial charge in [0.05, 0.1) is 5.75 Å². The molecule has 0 bridgehead atoms. The fourth-order valence-electron chi connectivity index (χ4n) is 3.17. The molecule has 6 heteroatoms. The zero-order chi connectivity index (χ0) is 17.2. The summed E-state index contributed by atoms with van der Waals surface area (Å²) in [7, 11) is 0. The van der Waals surface area contributed by atoms with Crippen molar-refractivity contribution in [2.24, 2.45) is 0 Å². The van der Waals surface area contributed by atoms with E-state index in [0.29, 0.717) is 5.75 Å². The zero-order valence-corrected chi connectivity index (χ0v) is 15.7. The summed E-state index contributed by atoms with van der Waals surface area (Å²) in [5, 5.41) is 1.97. The number of anilines is 1. The molecule has 0 fully saturated rings. The van der Waals surface area contributed by atoms with Gasteiger partial charge in [0.25, 0.3) is 0 Å². The van der Waals surface area contributed by atoms with Gasteiger partial charge in [-0.25, -0.2) is 9.97 Å². The Balaban J connectivity index is 1.52. The van der Waals surface area contributed by atoms with Gasteiger partial charge < -0.3 is 4.90 Å². The number of aromatic nitrogens is 2. The van der Waals surface area contributed by atoms with Gasteiger partial charge in [0.1, 0.15) is 16.2 Å². The molecule has 4 rings (SSSR count). The monoisotopic (exact) mass is 369 g/mol. The van der Waals surface area contributed by atoms with E-state index in [4.69, 9.17) is 0 Å². The summed E-state index contributed by atoms with van der Waals surface area (Å²) in [6.07, 6.45) is 4.67. The Morgan fingerprint density at radius 3 is 3.08 bits per heavy atom. The number of nitrogens with zero attached hydrogens (tertiary/aromatic N) is 3. The molecule has 1 amide bonds. The summed E-state index contributed by atoms with van der Waals surface area (Å²) in [6.45, 7) is 2.94. The molecule has 0 saturated carbocycles. The smallest absolute Gasteiger partial charge is 0.237 e. The van der Waals surface area contributed by atoms with Gasteiger partial charge in [-0.2, -0.15) is 0 Å². The van der Waals surface area contributed by atoms with E-state index in [1.54, 1.807) is 17.7 Å². The number of aryl methyl sites for hydroxylation is 2. The van der Waals surface area contributed by atoms with Crippen LogP contribution in [0.5, 0.6) is 0 Å². The van der Waals surface area contributed by atoms with Crippen molar-refractivity contribution in [2.45, 2.75) is 31.2 Å². The van der Waals surface area contributed by atoms with E-state index in [2.05, 4.69) is 29.0 Å². The molecular weight excluding hydrogens is 350 g/mol. The highest BCUT2D eigenvalue weighted by molar-refractivity contribution is 8.00. The van der Waals surface area contributed by atoms with Crippen LogP contribution < -0.4 is 4.90 Å². The van der Waals surface area contributed by atoms with E-state index in [0.717, 1.165) is 46.7 Å². The Kier molecular flexibility index (Phi) is 4.72. The van der Waals surface area contributed by atoms with Crippen molar-refractivity contribution in [1.29, 1.82) is 0 Å². The number of thioether (sulfide) groups is 1. The van der Waals surface area contributed by atoms with E-state index in [1.165, 1.54) is 22.2 Å². The predicted molar refractivity (Wildman–Crippen MR) is 105 cm³/mol.